The number of nitrogens with zero attached hydrogens (tertiary/aromatic N) is 2. The fourth-order valence-corrected chi connectivity index (χ4v) is 1.53. The SMILES string of the molecule is Cc1c(C(=O)NCC(C)C)cnn1CCCN. The van der Waals surface area contributed by atoms with E-state index < -0.39 is 0 Å². The molecule has 5 nitrogen and oxygen atoms in total. The first kappa shape index (κ1) is 13.7. The predicted molar refractivity (Wildman–Crippen MR) is 67.8 cm³/mol. The number of carbonyl (C=O) groups is 1. The number of amides is 1. The van der Waals surface area contributed by atoms with Gasteiger partial charge in [0.1, 0.15) is 0 Å². The molecule has 1 rings (SSSR count). The molecule has 0 saturated heterocycles. The molecule has 1 amide bonds. The van der Waals surface area contributed by atoms with Crippen molar-refractivity contribution in [3.8, 4) is 0 Å². The van der Waals surface area contributed by atoms with Crippen LogP contribution < -0.4 is 11.1 Å². The minimum Gasteiger partial charge on any atom is -0.352 e. The topological polar surface area (TPSA) is 72.9 Å². The number of hydrogen-bond donors (Lipinski definition) is 2. The van der Waals surface area contributed by atoms with Crippen molar-refractivity contribution in [2.45, 2.75) is 33.7 Å². The third-order valence-corrected chi connectivity index (χ3v) is 2.59. The standard InChI is InChI=1S/C12H22N4O/c1-9(2)7-14-12(17)11-8-15-16(10(11)3)6-4-5-13/h8-9H,4-7,13H2,1-3H3,(H,14,17). The zero-order valence-electron chi connectivity index (χ0n) is 10.9. The van der Waals surface area contributed by atoms with E-state index in [4.69, 9.17) is 5.73 Å². The molecule has 17 heavy (non-hydrogen) atoms. The molecular formula is C12H22N4O. The molecule has 0 aromatic carbocycles. The summed E-state index contributed by atoms with van der Waals surface area (Å²) in [5, 5.41) is 7.09. The molecule has 1 aromatic heterocycles. The van der Waals surface area contributed by atoms with Gasteiger partial charge in [0.15, 0.2) is 0 Å². The second kappa shape index (κ2) is 6.39. The van der Waals surface area contributed by atoms with E-state index >= 15 is 0 Å². The van der Waals surface area contributed by atoms with Crippen LogP contribution in [0, 0.1) is 12.8 Å². The van der Waals surface area contributed by atoms with Crippen LogP contribution in [0.25, 0.3) is 0 Å². The molecule has 0 atom stereocenters. The van der Waals surface area contributed by atoms with Crippen molar-refractivity contribution in [2.75, 3.05) is 13.1 Å². The van der Waals surface area contributed by atoms with Crippen LogP contribution in [0.3, 0.4) is 0 Å². The van der Waals surface area contributed by atoms with E-state index in [-0.39, 0.29) is 5.91 Å². The number of aryl methyl sites for hydroxylation is 1. The summed E-state index contributed by atoms with van der Waals surface area (Å²) in [5.74, 6) is 0.404. The average Bonchev–Trinajstić information content (AvgIpc) is 2.65. The normalized spacial score (nSPS) is 10.9. The summed E-state index contributed by atoms with van der Waals surface area (Å²) in [6.45, 7) is 8.13. The first-order valence-electron chi connectivity index (χ1n) is 6.07. The lowest BCUT2D eigenvalue weighted by Gasteiger charge is -2.07. The molecule has 0 radical (unpaired) electrons. The Morgan fingerprint density at radius 2 is 2.29 bits per heavy atom. The highest BCUT2D eigenvalue weighted by atomic mass is 16.1. The Hall–Kier alpha value is -1.36. The molecule has 0 saturated carbocycles. The van der Waals surface area contributed by atoms with Gasteiger partial charge in [-0.05, 0) is 25.8 Å². The van der Waals surface area contributed by atoms with Crippen molar-refractivity contribution in [1.29, 1.82) is 0 Å². The van der Waals surface area contributed by atoms with E-state index in [1.807, 2.05) is 11.6 Å². The summed E-state index contributed by atoms with van der Waals surface area (Å²) in [5.41, 5.74) is 7.01. The minimum absolute atomic E-state index is 0.0461. The smallest absolute Gasteiger partial charge is 0.254 e. The number of nitrogens with one attached hydrogen (secondary N) is 1. The maximum atomic E-state index is 11.9. The second-order valence-corrected chi connectivity index (χ2v) is 4.61. The first-order valence-corrected chi connectivity index (χ1v) is 6.07. The maximum absolute atomic E-state index is 11.9. The third kappa shape index (κ3) is 3.85. The van der Waals surface area contributed by atoms with Gasteiger partial charge in [0.25, 0.3) is 5.91 Å². The van der Waals surface area contributed by atoms with Crippen LogP contribution in [0.1, 0.15) is 36.3 Å². The number of carbonyl (C=O) groups excluding carboxylic acids is 1. The number of rotatable bonds is 6. The fraction of sp³-hybridized carbons (Fsp3) is 0.667. The largest absolute Gasteiger partial charge is 0.352 e. The Morgan fingerprint density at radius 3 is 2.88 bits per heavy atom. The van der Waals surface area contributed by atoms with Gasteiger partial charge in [0.2, 0.25) is 0 Å². The van der Waals surface area contributed by atoms with E-state index in [0.29, 0.717) is 24.6 Å². The third-order valence-electron chi connectivity index (χ3n) is 2.59. The van der Waals surface area contributed by atoms with Crippen molar-refractivity contribution in [3.05, 3.63) is 17.5 Å². The van der Waals surface area contributed by atoms with Crippen LogP contribution in [0.2, 0.25) is 0 Å². The predicted octanol–water partition coefficient (Wildman–Crippen LogP) is 0.926. The van der Waals surface area contributed by atoms with Crippen molar-refractivity contribution >= 4 is 5.91 Å². The molecule has 5 heteroatoms. The van der Waals surface area contributed by atoms with Gasteiger partial charge in [0.05, 0.1) is 11.8 Å². The van der Waals surface area contributed by atoms with Gasteiger partial charge in [-0.2, -0.15) is 5.10 Å². The Bertz CT molecular complexity index is 371. The van der Waals surface area contributed by atoms with Crippen LogP contribution >= 0.6 is 0 Å². The van der Waals surface area contributed by atoms with Gasteiger partial charge >= 0.3 is 0 Å². The van der Waals surface area contributed by atoms with Gasteiger partial charge < -0.3 is 11.1 Å². The Morgan fingerprint density at radius 1 is 1.59 bits per heavy atom. The zero-order chi connectivity index (χ0) is 12.8. The van der Waals surface area contributed by atoms with Gasteiger partial charge in [-0.15, -0.1) is 0 Å². The van der Waals surface area contributed by atoms with Crippen molar-refractivity contribution < 1.29 is 4.79 Å². The molecule has 1 aromatic rings. The van der Waals surface area contributed by atoms with Gasteiger partial charge in [-0.25, -0.2) is 0 Å². The minimum atomic E-state index is -0.0461. The lowest BCUT2D eigenvalue weighted by molar-refractivity contribution is 0.0948. The van der Waals surface area contributed by atoms with Gasteiger partial charge in [-0.3, -0.25) is 9.48 Å². The molecule has 3 N–H and O–H groups in total. The highest BCUT2D eigenvalue weighted by Crippen LogP contribution is 2.07. The Balaban J connectivity index is 2.64. The summed E-state index contributed by atoms with van der Waals surface area (Å²) in [6, 6.07) is 0. The van der Waals surface area contributed by atoms with Crippen LogP contribution in [0.4, 0.5) is 0 Å². The van der Waals surface area contributed by atoms with Gasteiger partial charge in [0, 0.05) is 18.8 Å². The van der Waals surface area contributed by atoms with Crippen LogP contribution in [0.5, 0.6) is 0 Å². The summed E-state index contributed by atoms with van der Waals surface area (Å²) >= 11 is 0. The maximum Gasteiger partial charge on any atom is 0.254 e. The van der Waals surface area contributed by atoms with E-state index in [0.717, 1.165) is 18.7 Å². The Labute approximate surface area is 102 Å². The molecule has 0 aliphatic rings. The van der Waals surface area contributed by atoms with Crippen LogP contribution in [0.15, 0.2) is 6.20 Å². The summed E-state index contributed by atoms with van der Waals surface area (Å²) in [6.07, 6.45) is 2.50. The molecule has 0 fully saturated rings. The van der Waals surface area contributed by atoms with E-state index in [1.165, 1.54) is 0 Å². The molecular weight excluding hydrogens is 216 g/mol. The quantitative estimate of drug-likeness (QED) is 0.774. The van der Waals surface area contributed by atoms with E-state index in [1.54, 1.807) is 6.20 Å². The molecule has 0 bridgehead atoms. The second-order valence-electron chi connectivity index (χ2n) is 4.61. The number of aromatic nitrogens is 2. The van der Waals surface area contributed by atoms with Crippen LogP contribution in [-0.2, 0) is 6.54 Å². The van der Waals surface area contributed by atoms with Crippen molar-refractivity contribution in [3.63, 3.8) is 0 Å². The van der Waals surface area contributed by atoms with Gasteiger partial charge in [-0.1, -0.05) is 13.8 Å². The van der Waals surface area contributed by atoms with E-state index in [2.05, 4.69) is 24.3 Å². The molecule has 0 aliphatic carbocycles. The summed E-state index contributed by atoms with van der Waals surface area (Å²) < 4.78 is 1.83. The van der Waals surface area contributed by atoms with E-state index in [9.17, 15) is 4.79 Å². The molecule has 0 aliphatic heterocycles. The van der Waals surface area contributed by atoms with Crippen molar-refractivity contribution in [1.82, 2.24) is 15.1 Å². The molecule has 0 unspecified atom stereocenters. The zero-order valence-corrected chi connectivity index (χ0v) is 10.9. The first-order chi connectivity index (χ1) is 8.06. The van der Waals surface area contributed by atoms with Crippen LogP contribution in [-0.4, -0.2) is 28.8 Å². The summed E-state index contributed by atoms with van der Waals surface area (Å²) in [4.78, 5) is 11.9. The number of nitrogens with two attached hydrogens (primary N) is 1. The Kier molecular flexibility index (Phi) is 5.15. The number of hydrogen-bond acceptors (Lipinski definition) is 3. The molecule has 1 heterocycles. The lowest BCUT2D eigenvalue weighted by atomic mass is 10.2. The summed E-state index contributed by atoms with van der Waals surface area (Å²) in [7, 11) is 0. The monoisotopic (exact) mass is 238 g/mol. The fourth-order valence-electron chi connectivity index (χ4n) is 1.53. The molecule has 96 valence electrons. The molecule has 0 spiro atoms. The lowest BCUT2D eigenvalue weighted by Crippen LogP contribution is -2.27. The highest BCUT2D eigenvalue weighted by molar-refractivity contribution is 5.95. The average molecular weight is 238 g/mol. The highest BCUT2D eigenvalue weighted by Gasteiger charge is 2.13. The van der Waals surface area contributed by atoms with Crippen molar-refractivity contribution in [2.24, 2.45) is 11.7 Å².